The maximum Gasteiger partial charge on any atom is 0.292 e. The molecule has 0 spiro atoms. The lowest BCUT2D eigenvalue weighted by Crippen LogP contribution is -2.02. The van der Waals surface area contributed by atoms with E-state index in [4.69, 9.17) is 0 Å². The van der Waals surface area contributed by atoms with Crippen LogP contribution in [0, 0.1) is 20.2 Å². The molecule has 8 heteroatoms. The van der Waals surface area contributed by atoms with Gasteiger partial charge in [-0.3, -0.25) is 20.2 Å². The minimum atomic E-state index is -0.476. The van der Waals surface area contributed by atoms with Crippen LogP contribution in [0.3, 0.4) is 0 Å². The first-order valence-electron chi connectivity index (χ1n) is 5.88. The van der Waals surface area contributed by atoms with E-state index in [1.54, 1.807) is 24.3 Å². The fourth-order valence-electron chi connectivity index (χ4n) is 1.74. The first kappa shape index (κ1) is 14.9. The number of hydrogen-bond donors (Lipinski definition) is 1. The van der Waals surface area contributed by atoms with Crippen molar-refractivity contribution in [2.45, 2.75) is 6.54 Å². The molecule has 2 aromatic carbocycles. The fraction of sp³-hybridized carbons (Fsp3) is 0.0769. The number of hydrogen-bond acceptors (Lipinski definition) is 5. The monoisotopic (exact) mass is 351 g/mol. The summed E-state index contributed by atoms with van der Waals surface area (Å²) in [7, 11) is 0. The van der Waals surface area contributed by atoms with Crippen LogP contribution in [-0.2, 0) is 6.54 Å². The molecule has 0 fully saturated rings. The van der Waals surface area contributed by atoms with E-state index in [1.807, 2.05) is 0 Å². The van der Waals surface area contributed by atoms with Gasteiger partial charge in [-0.05, 0) is 17.7 Å². The summed E-state index contributed by atoms with van der Waals surface area (Å²) < 4.78 is 0.722. The quantitative estimate of drug-likeness (QED) is 0.650. The van der Waals surface area contributed by atoms with E-state index < -0.39 is 9.85 Å². The average molecular weight is 352 g/mol. The van der Waals surface area contributed by atoms with Crippen molar-refractivity contribution in [1.82, 2.24) is 0 Å². The second kappa shape index (κ2) is 6.31. The van der Waals surface area contributed by atoms with Crippen LogP contribution in [0.5, 0.6) is 0 Å². The summed E-state index contributed by atoms with van der Waals surface area (Å²) in [4.78, 5) is 20.6. The SMILES string of the molecule is O=[N+]([O-])c1ccc(CNc2cc(Br)ccc2[N+](=O)[O-])cc1. The highest BCUT2D eigenvalue weighted by Gasteiger charge is 2.13. The second-order valence-corrected chi connectivity index (χ2v) is 5.11. The number of benzene rings is 2. The minimum absolute atomic E-state index is 0.00665. The largest absolute Gasteiger partial charge is 0.375 e. The molecule has 0 saturated carbocycles. The molecule has 0 saturated heterocycles. The second-order valence-electron chi connectivity index (χ2n) is 4.20. The standard InChI is InChI=1S/C13H10BrN3O4/c14-10-3-6-13(17(20)21)12(7-10)15-8-9-1-4-11(5-2-9)16(18)19/h1-7,15H,8H2. The first-order valence-corrected chi connectivity index (χ1v) is 6.68. The van der Waals surface area contributed by atoms with Crippen LogP contribution in [0.15, 0.2) is 46.9 Å². The van der Waals surface area contributed by atoms with E-state index in [2.05, 4.69) is 21.2 Å². The van der Waals surface area contributed by atoms with Crippen LogP contribution in [-0.4, -0.2) is 9.85 Å². The normalized spacial score (nSPS) is 10.1. The minimum Gasteiger partial charge on any atom is -0.375 e. The smallest absolute Gasteiger partial charge is 0.292 e. The number of non-ortho nitro benzene ring substituents is 1. The maximum atomic E-state index is 10.9. The predicted octanol–water partition coefficient (Wildman–Crippen LogP) is 3.88. The Morgan fingerprint density at radius 1 is 1.00 bits per heavy atom. The summed E-state index contributed by atoms with van der Waals surface area (Å²) >= 11 is 3.26. The Morgan fingerprint density at radius 3 is 2.24 bits per heavy atom. The third-order valence-electron chi connectivity index (χ3n) is 2.79. The van der Waals surface area contributed by atoms with Crippen LogP contribution in [0.4, 0.5) is 17.1 Å². The molecular formula is C13H10BrN3O4. The number of halogens is 1. The van der Waals surface area contributed by atoms with Gasteiger partial charge in [0.25, 0.3) is 11.4 Å². The molecule has 0 radical (unpaired) electrons. The van der Waals surface area contributed by atoms with E-state index in [1.165, 1.54) is 18.2 Å². The van der Waals surface area contributed by atoms with Crippen LogP contribution >= 0.6 is 15.9 Å². The zero-order chi connectivity index (χ0) is 15.4. The molecule has 0 unspecified atom stereocenters. The number of nitrogens with one attached hydrogen (secondary N) is 1. The molecule has 2 aromatic rings. The lowest BCUT2D eigenvalue weighted by atomic mass is 10.2. The molecule has 0 bridgehead atoms. The highest BCUT2D eigenvalue weighted by molar-refractivity contribution is 9.10. The fourth-order valence-corrected chi connectivity index (χ4v) is 2.10. The van der Waals surface area contributed by atoms with Gasteiger partial charge in [0.1, 0.15) is 5.69 Å². The lowest BCUT2D eigenvalue weighted by Gasteiger charge is -2.07. The van der Waals surface area contributed by atoms with Crippen molar-refractivity contribution >= 4 is 33.0 Å². The number of nitrogens with zero attached hydrogens (tertiary/aromatic N) is 2. The summed E-state index contributed by atoms with van der Waals surface area (Å²) in [6, 6.07) is 10.6. The van der Waals surface area contributed by atoms with Gasteiger partial charge in [-0.2, -0.15) is 0 Å². The molecule has 0 heterocycles. The lowest BCUT2D eigenvalue weighted by molar-refractivity contribution is -0.384. The van der Waals surface area contributed by atoms with Gasteiger partial charge in [0.05, 0.1) is 9.85 Å². The van der Waals surface area contributed by atoms with Crippen molar-refractivity contribution in [2.24, 2.45) is 0 Å². The van der Waals surface area contributed by atoms with Gasteiger partial charge in [-0.1, -0.05) is 28.1 Å². The highest BCUT2D eigenvalue weighted by atomic mass is 79.9. The molecule has 7 nitrogen and oxygen atoms in total. The number of rotatable bonds is 5. The Kier molecular flexibility index (Phi) is 4.49. The summed E-state index contributed by atoms with van der Waals surface area (Å²) in [5.41, 5.74) is 1.15. The van der Waals surface area contributed by atoms with Crippen LogP contribution in [0.2, 0.25) is 0 Å². The van der Waals surface area contributed by atoms with Gasteiger partial charge < -0.3 is 5.32 Å². The Balaban J connectivity index is 2.14. The Labute approximate surface area is 128 Å². The van der Waals surface area contributed by atoms with E-state index in [0.29, 0.717) is 12.2 Å². The predicted molar refractivity (Wildman–Crippen MR) is 81.2 cm³/mol. The van der Waals surface area contributed by atoms with Crippen LogP contribution in [0.25, 0.3) is 0 Å². The van der Waals surface area contributed by atoms with Crippen molar-refractivity contribution in [1.29, 1.82) is 0 Å². The summed E-state index contributed by atoms with van der Waals surface area (Å²) in [6.07, 6.45) is 0. The zero-order valence-corrected chi connectivity index (χ0v) is 12.2. The number of anilines is 1. The molecule has 0 aliphatic heterocycles. The first-order chi connectivity index (χ1) is 9.97. The molecule has 21 heavy (non-hydrogen) atoms. The van der Waals surface area contributed by atoms with Crippen LogP contribution < -0.4 is 5.32 Å². The Morgan fingerprint density at radius 2 is 1.67 bits per heavy atom. The number of nitro groups is 2. The topological polar surface area (TPSA) is 98.3 Å². The van der Waals surface area contributed by atoms with E-state index in [0.717, 1.165) is 10.0 Å². The van der Waals surface area contributed by atoms with Gasteiger partial charge in [0, 0.05) is 29.2 Å². The van der Waals surface area contributed by atoms with Crippen molar-refractivity contribution in [3.63, 3.8) is 0 Å². The van der Waals surface area contributed by atoms with E-state index in [9.17, 15) is 20.2 Å². The molecule has 2 rings (SSSR count). The van der Waals surface area contributed by atoms with E-state index >= 15 is 0 Å². The molecule has 108 valence electrons. The molecule has 0 amide bonds. The van der Waals surface area contributed by atoms with Crippen molar-refractivity contribution < 1.29 is 9.85 Å². The van der Waals surface area contributed by atoms with Gasteiger partial charge in [0.2, 0.25) is 0 Å². The summed E-state index contributed by atoms with van der Waals surface area (Å²) in [5, 5.41) is 24.5. The molecular weight excluding hydrogens is 342 g/mol. The third kappa shape index (κ3) is 3.76. The van der Waals surface area contributed by atoms with Crippen molar-refractivity contribution in [3.05, 3.63) is 72.7 Å². The molecule has 0 atom stereocenters. The molecule has 0 aromatic heterocycles. The van der Waals surface area contributed by atoms with Crippen molar-refractivity contribution in [3.8, 4) is 0 Å². The molecule has 1 N–H and O–H groups in total. The Bertz CT molecular complexity index is 688. The average Bonchev–Trinajstić information content (AvgIpc) is 2.45. The summed E-state index contributed by atoms with van der Waals surface area (Å²) in [6.45, 7) is 0.329. The van der Waals surface area contributed by atoms with Gasteiger partial charge >= 0.3 is 0 Å². The van der Waals surface area contributed by atoms with E-state index in [-0.39, 0.29) is 11.4 Å². The zero-order valence-electron chi connectivity index (χ0n) is 10.7. The van der Waals surface area contributed by atoms with Gasteiger partial charge in [-0.25, -0.2) is 0 Å². The number of nitro benzene ring substituents is 2. The summed E-state index contributed by atoms with van der Waals surface area (Å²) in [5.74, 6) is 0. The maximum absolute atomic E-state index is 10.9. The van der Waals surface area contributed by atoms with Crippen molar-refractivity contribution in [2.75, 3.05) is 5.32 Å². The highest BCUT2D eigenvalue weighted by Crippen LogP contribution is 2.28. The van der Waals surface area contributed by atoms with Gasteiger partial charge in [0.15, 0.2) is 0 Å². The van der Waals surface area contributed by atoms with Gasteiger partial charge in [-0.15, -0.1) is 0 Å². The van der Waals surface area contributed by atoms with Crippen LogP contribution in [0.1, 0.15) is 5.56 Å². The Hall–Kier alpha value is -2.48. The molecule has 0 aliphatic carbocycles. The third-order valence-corrected chi connectivity index (χ3v) is 3.28. The molecule has 0 aliphatic rings.